The summed E-state index contributed by atoms with van der Waals surface area (Å²) in [5.74, 6) is 2.23. The van der Waals surface area contributed by atoms with E-state index in [2.05, 4.69) is 206 Å². The van der Waals surface area contributed by atoms with Crippen molar-refractivity contribution in [2.45, 2.75) is 169 Å². The number of aliphatic carboxylic acids is 1. The summed E-state index contributed by atoms with van der Waals surface area (Å²) in [5, 5.41) is 18.9. The Morgan fingerprint density at radius 3 is 1.26 bits per heavy atom. The second kappa shape index (κ2) is 30.8. The number of fused-ring (bicyclic) bond motifs is 6. The van der Waals surface area contributed by atoms with E-state index in [9.17, 15) is 15.2 Å². The largest absolute Gasteiger partial charge is 0.493 e. The lowest BCUT2D eigenvalue weighted by atomic mass is 9.81. The highest BCUT2D eigenvalue weighted by atomic mass is 32.1. The third kappa shape index (κ3) is 14.9. The number of rotatable bonds is 33. The van der Waals surface area contributed by atoms with Crippen molar-refractivity contribution in [2.24, 2.45) is 0 Å². The molecule has 486 valence electrons. The van der Waals surface area contributed by atoms with Crippen molar-refractivity contribution < 1.29 is 28.8 Å². The summed E-state index contributed by atoms with van der Waals surface area (Å²) in [6.45, 7) is 21.2. The van der Waals surface area contributed by atoms with Crippen LogP contribution in [0.3, 0.4) is 0 Å². The molecule has 0 spiro atoms. The number of anilines is 3. The molecule has 7 aromatic carbocycles. The Morgan fingerprint density at radius 1 is 0.426 bits per heavy atom. The molecule has 11 rings (SSSR count). The monoisotopic (exact) mass is 1290 g/mol. The van der Waals surface area contributed by atoms with Crippen molar-refractivity contribution in [1.29, 1.82) is 5.26 Å². The minimum absolute atomic E-state index is 0.283. The molecule has 0 aliphatic heterocycles. The molecule has 8 nitrogen and oxygen atoms in total. The molecule has 0 atom stereocenters. The number of nitriles is 1. The van der Waals surface area contributed by atoms with Crippen LogP contribution >= 0.6 is 22.7 Å². The number of carboxylic acids is 1. The minimum atomic E-state index is -1.23. The molecule has 0 saturated heterocycles. The Labute approximate surface area is 566 Å². The number of benzene rings is 7. The molecule has 2 aliphatic rings. The number of hydrogen-bond acceptors (Lipinski definition) is 9. The molecule has 0 radical (unpaired) electrons. The summed E-state index contributed by atoms with van der Waals surface area (Å²) in [6.07, 6.45) is 19.8. The van der Waals surface area contributed by atoms with Crippen molar-refractivity contribution in [3.05, 3.63) is 190 Å². The summed E-state index contributed by atoms with van der Waals surface area (Å²) < 4.78 is 26.0. The number of unbranched alkanes of at least 4 members (excludes halogenated alkanes) is 12. The molecule has 0 fully saturated rings. The van der Waals surface area contributed by atoms with Crippen LogP contribution in [-0.2, 0) is 15.6 Å². The van der Waals surface area contributed by atoms with E-state index >= 15 is 0 Å². The van der Waals surface area contributed by atoms with Crippen LogP contribution in [0.5, 0.6) is 23.0 Å². The Kier molecular flexibility index (Phi) is 22.0. The topological polar surface area (TPSA) is 101 Å². The van der Waals surface area contributed by atoms with E-state index in [1.54, 1.807) is 17.4 Å². The molecule has 0 amide bonds. The van der Waals surface area contributed by atoms with Crippen LogP contribution < -0.4 is 23.8 Å². The van der Waals surface area contributed by atoms with Gasteiger partial charge in [0.15, 0.2) is 0 Å². The van der Waals surface area contributed by atoms with E-state index in [1.807, 2.05) is 12.1 Å². The van der Waals surface area contributed by atoms with Gasteiger partial charge in [-0.2, -0.15) is 5.26 Å². The van der Waals surface area contributed by atoms with Gasteiger partial charge in [-0.1, -0.05) is 181 Å². The first kappa shape index (κ1) is 67.1. The van der Waals surface area contributed by atoms with Crippen molar-refractivity contribution in [2.75, 3.05) is 31.3 Å². The van der Waals surface area contributed by atoms with Crippen LogP contribution in [0.15, 0.2) is 163 Å². The quantitative estimate of drug-likeness (QED) is 0.0247. The summed E-state index contributed by atoms with van der Waals surface area (Å²) in [6, 6.07) is 59.8. The van der Waals surface area contributed by atoms with Gasteiger partial charge in [-0.3, -0.25) is 0 Å². The molecule has 9 aromatic rings. The first-order valence-corrected chi connectivity index (χ1v) is 36.2. The standard InChI is InChI=1S/C84H92N2O6S2/c1-9-13-17-21-45-89-64-33-40-67(77(54-64)91-47-23-19-15-11-3)58-27-36-69-71-38-31-62(52-75(71)83(5,6)73(69)50-58)86(61-29-25-57(26-30-61)79-43-44-81(94-79)80-42-35-66(93-80)49-60(56-85)82(87)88)63-32-39-72-70-37-28-59(51-74(70)84(7,8)76(72)53-63)68-41-34-65(90-46-22-18-14-10-2)55-78(68)92-48-24-20-16-12-4/h25-44,49-55H,9-24,45-48H2,1-8H3,(H,87,88)/b60-49-. The zero-order valence-corrected chi connectivity index (χ0v) is 58.1. The van der Waals surface area contributed by atoms with Gasteiger partial charge < -0.3 is 29.0 Å². The van der Waals surface area contributed by atoms with Crippen LogP contribution in [0.1, 0.15) is 185 Å². The van der Waals surface area contributed by atoms with Crippen molar-refractivity contribution in [3.8, 4) is 93.8 Å². The second-order valence-corrected chi connectivity index (χ2v) is 28.6. The first-order chi connectivity index (χ1) is 45.7. The zero-order chi connectivity index (χ0) is 65.8. The van der Waals surface area contributed by atoms with Crippen LogP contribution in [-0.4, -0.2) is 37.5 Å². The number of thiophene rings is 2. The summed E-state index contributed by atoms with van der Waals surface area (Å²) in [5.41, 5.74) is 17.9. The van der Waals surface area contributed by atoms with Gasteiger partial charge in [0, 0.05) is 70.7 Å². The van der Waals surface area contributed by atoms with Crippen LogP contribution in [0.2, 0.25) is 0 Å². The van der Waals surface area contributed by atoms with Gasteiger partial charge in [-0.05, 0) is 190 Å². The number of ether oxygens (including phenoxy) is 4. The molecule has 0 unspecified atom stereocenters. The highest BCUT2D eigenvalue weighted by Gasteiger charge is 2.39. The Morgan fingerprint density at radius 2 is 0.809 bits per heavy atom. The van der Waals surface area contributed by atoms with Crippen LogP contribution in [0.25, 0.3) is 70.8 Å². The maximum Gasteiger partial charge on any atom is 0.346 e. The lowest BCUT2D eigenvalue weighted by Crippen LogP contribution is -2.18. The van der Waals surface area contributed by atoms with Gasteiger partial charge in [0.1, 0.15) is 34.6 Å². The fourth-order valence-corrected chi connectivity index (χ4v) is 15.6. The van der Waals surface area contributed by atoms with E-state index in [0.29, 0.717) is 26.4 Å². The maximum atomic E-state index is 11.6. The van der Waals surface area contributed by atoms with E-state index in [0.717, 1.165) is 126 Å². The molecule has 94 heavy (non-hydrogen) atoms. The zero-order valence-electron chi connectivity index (χ0n) is 56.4. The number of hydrogen-bond donors (Lipinski definition) is 1. The number of nitrogens with zero attached hydrogens (tertiary/aromatic N) is 2. The highest BCUT2D eigenvalue weighted by molar-refractivity contribution is 7.24. The maximum absolute atomic E-state index is 11.6. The van der Waals surface area contributed by atoms with E-state index in [1.165, 1.54) is 126 Å². The Balaban J connectivity index is 0.937. The average molecular weight is 1290 g/mol. The predicted molar refractivity (Wildman–Crippen MR) is 394 cm³/mol. The van der Waals surface area contributed by atoms with Crippen molar-refractivity contribution in [1.82, 2.24) is 0 Å². The molecular formula is C84H92N2O6S2. The molecular weight excluding hydrogens is 1200 g/mol. The smallest absolute Gasteiger partial charge is 0.346 e. The van der Waals surface area contributed by atoms with E-state index in [-0.39, 0.29) is 16.4 Å². The second-order valence-electron chi connectivity index (χ2n) is 26.4. The number of carbonyl (C=O) groups is 1. The third-order valence-electron chi connectivity index (χ3n) is 18.9. The SMILES string of the molecule is CCCCCCOc1ccc(-c2ccc3c(c2)C(C)(C)c2cc(N(c4ccc(-c5ccc(-c6ccc(/C=C(/C#N)C(=O)O)s6)s5)cc4)c4ccc5c(c4)C(C)(C)c4cc(-c6ccc(OCCCCCC)cc6OCCCCCC)ccc4-5)ccc2-3)c(OCCCCCC)c1. The summed E-state index contributed by atoms with van der Waals surface area (Å²) in [7, 11) is 0. The molecule has 0 saturated carbocycles. The van der Waals surface area contributed by atoms with Gasteiger partial charge in [0.25, 0.3) is 0 Å². The molecule has 1 N–H and O–H groups in total. The molecule has 2 aromatic heterocycles. The van der Waals surface area contributed by atoms with Crippen molar-refractivity contribution in [3.63, 3.8) is 0 Å². The van der Waals surface area contributed by atoms with Gasteiger partial charge in [0.05, 0.1) is 26.4 Å². The fourth-order valence-electron chi connectivity index (χ4n) is 13.5. The molecule has 10 heteroatoms. The molecule has 2 aliphatic carbocycles. The number of carboxylic acid groups (broad SMARTS) is 1. The third-order valence-corrected chi connectivity index (χ3v) is 21.3. The predicted octanol–water partition coefficient (Wildman–Crippen LogP) is 24.4. The van der Waals surface area contributed by atoms with Crippen LogP contribution in [0, 0.1) is 11.3 Å². The Bertz CT molecular complexity index is 3990. The van der Waals surface area contributed by atoms with E-state index in [4.69, 9.17) is 18.9 Å². The summed E-state index contributed by atoms with van der Waals surface area (Å²) in [4.78, 5) is 18.0. The van der Waals surface area contributed by atoms with Gasteiger partial charge in [0.2, 0.25) is 0 Å². The first-order valence-electron chi connectivity index (χ1n) is 34.6. The average Bonchev–Trinajstić information content (AvgIpc) is 1.57. The highest BCUT2D eigenvalue weighted by Crippen LogP contribution is 2.55. The fraction of sp³-hybridized carbons (Fsp3) is 0.357. The van der Waals surface area contributed by atoms with Gasteiger partial charge in [-0.25, -0.2) is 4.79 Å². The lowest BCUT2D eigenvalue weighted by Gasteiger charge is -2.30. The van der Waals surface area contributed by atoms with Crippen LogP contribution in [0.4, 0.5) is 17.1 Å². The van der Waals surface area contributed by atoms with Gasteiger partial charge in [-0.15, -0.1) is 22.7 Å². The van der Waals surface area contributed by atoms with E-state index < -0.39 is 5.97 Å². The molecule has 2 heterocycles. The normalized spacial score (nSPS) is 13.2. The van der Waals surface area contributed by atoms with Gasteiger partial charge >= 0.3 is 5.97 Å². The molecule has 0 bridgehead atoms. The summed E-state index contributed by atoms with van der Waals surface area (Å²) >= 11 is 3.17. The Hall–Kier alpha value is -8.36. The van der Waals surface area contributed by atoms with Crippen molar-refractivity contribution >= 4 is 51.8 Å². The minimum Gasteiger partial charge on any atom is -0.493 e. The lowest BCUT2D eigenvalue weighted by molar-refractivity contribution is -0.132.